The van der Waals surface area contributed by atoms with Gasteiger partial charge in [0.15, 0.2) is 0 Å². The summed E-state index contributed by atoms with van der Waals surface area (Å²) in [6, 6.07) is 17.7. The average Bonchev–Trinajstić information content (AvgIpc) is 3.32. The number of nitriles is 2. The smallest absolute Gasteiger partial charge is 0.416 e. The van der Waals surface area contributed by atoms with E-state index in [9.17, 15) is 70.6 Å². The molecule has 4 amide bonds. The van der Waals surface area contributed by atoms with Crippen molar-refractivity contribution in [2.45, 2.75) is 78.9 Å². The molecule has 74 heavy (non-hydrogen) atoms. The Morgan fingerprint density at radius 3 is 1.38 bits per heavy atom. The Hall–Kier alpha value is -8.66. The highest BCUT2D eigenvalue weighted by Gasteiger charge is 2.51. The molecule has 0 saturated carbocycles. The molecule has 6 rings (SSSR count). The second-order valence-electron chi connectivity index (χ2n) is 17.6. The highest BCUT2D eigenvalue weighted by atomic mass is 19.4. The Bertz CT molecular complexity index is 2990. The maximum atomic E-state index is 14.2. The number of aliphatic carboxylic acids is 2. The Morgan fingerprint density at radius 1 is 0.635 bits per heavy atom. The summed E-state index contributed by atoms with van der Waals surface area (Å²) >= 11 is 0. The zero-order chi connectivity index (χ0) is 55.2. The summed E-state index contributed by atoms with van der Waals surface area (Å²) in [7, 11) is 0. The summed E-state index contributed by atoms with van der Waals surface area (Å²) in [4.78, 5) is 82.1. The predicted molar refractivity (Wildman–Crippen MR) is 252 cm³/mol. The first-order chi connectivity index (χ1) is 34.6. The van der Waals surface area contributed by atoms with Gasteiger partial charge in [-0.3, -0.25) is 19.5 Å². The van der Waals surface area contributed by atoms with Crippen LogP contribution in [0.3, 0.4) is 0 Å². The van der Waals surface area contributed by atoms with Crippen LogP contribution >= 0.6 is 0 Å². The number of carbonyl (C=O) groups is 6. The predicted octanol–water partition coefficient (Wildman–Crippen LogP) is 10.4. The Morgan fingerprint density at radius 2 is 1.03 bits per heavy atom. The molecule has 0 saturated heterocycles. The van der Waals surface area contributed by atoms with Gasteiger partial charge in [-0.25, -0.2) is 24.0 Å². The standard InChI is InChI=1S/C28H28F3N3O5.C24H20F3N3O5/c1-6-39-25(37)21-16(2)33(20-9-7-8-19(14-20)28(29,30)31)26(38)34(23(24(35)36)27(3,4)5)22(21)18-12-10-17(15-32)11-13-18;1-3-35-22(33)20-14(2)30(18-6-4-5-17(11-18)24(25,26)27)23(34)29(13-19(31)32)21(20)16-9-7-15(12-28)8-10-16/h7-14,22-23H,6H2,1-5H3,(H,35,36);4-11,21H,3,13H2,1-2H3,(H,31,32)/t22-,23?;21-/m11/s1. The molecule has 0 aliphatic carbocycles. The minimum atomic E-state index is -4.71. The molecule has 0 radical (unpaired) electrons. The van der Waals surface area contributed by atoms with Crippen LogP contribution in [-0.4, -0.2) is 81.8 Å². The number of ether oxygens (including phenoxy) is 2. The molecule has 388 valence electrons. The lowest BCUT2D eigenvalue weighted by molar-refractivity contribution is -0.148. The van der Waals surface area contributed by atoms with Gasteiger partial charge in [-0.1, -0.05) is 57.2 Å². The number of hydrogen-bond acceptors (Lipinski definition) is 10. The van der Waals surface area contributed by atoms with E-state index in [4.69, 9.17) is 14.7 Å². The summed E-state index contributed by atoms with van der Waals surface area (Å²) in [5.74, 6) is -4.50. The van der Waals surface area contributed by atoms with E-state index in [-0.39, 0.29) is 47.1 Å². The van der Waals surface area contributed by atoms with Crippen LogP contribution in [0.1, 0.15) is 93.9 Å². The lowest BCUT2D eigenvalue weighted by Crippen LogP contribution is -2.60. The Balaban J connectivity index is 0.000000276. The van der Waals surface area contributed by atoms with Gasteiger partial charge in [0.1, 0.15) is 12.6 Å². The van der Waals surface area contributed by atoms with Crippen LogP contribution in [0, 0.1) is 28.1 Å². The SMILES string of the molecule is CCOC(=O)C1=C(C)N(c2cccc(C(F)(F)F)c2)C(=O)N(C(C(=O)O)C(C)(C)C)[C@@H]1c1ccc(C#N)cc1.CCOC(=O)C1=C(C)N(c2cccc(C(F)(F)F)c2)C(=O)N(CC(=O)O)[C@@H]1c1ccc(C#N)cc1. The number of carboxylic acids is 2. The van der Waals surface area contributed by atoms with E-state index in [2.05, 4.69) is 0 Å². The molecule has 0 bridgehead atoms. The van der Waals surface area contributed by atoms with E-state index >= 15 is 0 Å². The number of hydrogen-bond donors (Lipinski definition) is 2. The molecule has 2 N–H and O–H groups in total. The summed E-state index contributed by atoms with van der Waals surface area (Å²) < 4.78 is 91.1. The van der Waals surface area contributed by atoms with Gasteiger partial charge < -0.3 is 24.6 Å². The number of carboxylic acid groups (broad SMARTS) is 2. The highest BCUT2D eigenvalue weighted by Crippen LogP contribution is 2.46. The van der Waals surface area contributed by atoms with Gasteiger partial charge in [0.2, 0.25) is 0 Å². The van der Waals surface area contributed by atoms with E-state index in [0.29, 0.717) is 22.3 Å². The first kappa shape index (κ1) is 56.3. The zero-order valence-electron chi connectivity index (χ0n) is 40.7. The molecule has 3 atom stereocenters. The van der Waals surface area contributed by atoms with E-state index in [1.54, 1.807) is 34.6 Å². The number of halogens is 6. The van der Waals surface area contributed by atoms with Crippen molar-refractivity contribution in [2.75, 3.05) is 29.6 Å². The van der Waals surface area contributed by atoms with Crippen molar-refractivity contribution in [3.05, 3.63) is 153 Å². The average molecular weight is 1030 g/mol. The number of anilines is 2. The molecule has 2 aliphatic rings. The highest BCUT2D eigenvalue weighted by molar-refractivity contribution is 6.05. The zero-order valence-corrected chi connectivity index (χ0v) is 40.7. The monoisotopic (exact) mass is 1030 g/mol. The van der Waals surface area contributed by atoms with Crippen molar-refractivity contribution in [1.82, 2.24) is 9.80 Å². The van der Waals surface area contributed by atoms with Crippen molar-refractivity contribution < 1.29 is 74.8 Å². The molecule has 4 aromatic carbocycles. The fraction of sp³-hybridized carbons (Fsp3) is 0.308. The van der Waals surface area contributed by atoms with Gasteiger partial charge in [-0.15, -0.1) is 0 Å². The summed E-state index contributed by atoms with van der Waals surface area (Å²) in [5.41, 5.74) is -2.53. The van der Waals surface area contributed by atoms with Crippen LogP contribution < -0.4 is 9.80 Å². The second kappa shape index (κ2) is 22.4. The maximum absolute atomic E-state index is 14.2. The molecular weight excluding hydrogens is 983 g/mol. The van der Waals surface area contributed by atoms with Crippen molar-refractivity contribution >= 4 is 47.3 Å². The molecule has 1 unspecified atom stereocenters. The van der Waals surface area contributed by atoms with Crippen molar-refractivity contribution in [2.24, 2.45) is 5.41 Å². The van der Waals surface area contributed by atoms with Crippen LogP contribution in [0.25, 0.3) is 0 Å². The van der Waals surface area contributed by atoms with Gasteiger partial charge >= 0.3 is 48.3 Å². The number of alkyl halides is 6. The first-order valence-corrected chi connectivity index (χ1v) is 22.4. The number of carbonyl (C=O) groups excluding carboxylic acids is 4. The molecular formula is C52H48F6N6O10. The summed E-state index contributed by atoms with van der Waals surface area (Å²) in [6.45, 7) is 9.74. The fourth-order valence-corrected chi connectivity index (χ4v) is 8.50. The minimum Gasteiger partial charge on any atom is -0.480 e. The van der Waals surface area contributed by atoms with Crippen LogP contribution in [0.2, 0.25) is 0 Å². The summed E-state index contributed by atoms with van der Waals surface area (Å²) in [5, 5.41) is 38.1. The van der Waals surface area contributed by atoms with Crippen molar-refractivity contribution in [3.63, 3.8) is 0 Å². The Kier molecular flexibility index (Phi) is 17.0. The van der Waals surface area contributed by atoms with Crippen LogP contribution in [-0.2, 0) is 41.0 Å². The third-order valence-corrected chi connectivity index (χ3v) is 11.6. The molecule has 16 nitrogen and oxygen atoms in total. The third-order valence-electron chi connectivity index (χ3n) is 11.6. The molecule has 4 aromatic rings. The number of nitrogens with zero attached hydrogens (tertiary/aromatic N) is 6. The van der Waals surface area contributed by atoms with Crippen LogP contribution in [0.5, 0.6) is 0 Å². The lowest BCUT2D eigenvalue weighted by Gasteiger charge is -2.48. The topological polar surface area (TPSA) is 222 Å². The van der Waals surface area contributed by atoms with Crippen LogP contribution in [0.15, 0.2) is 120 Å². The quantitative estimate of drug-likeness (QED) is 0.0999. The van der Waals surface area contributed by atoms with E-state index in [1.165, 1.54) is 74.5 Å². The molecule has 0 aromatic heterocycles. The first-order valence-electron chi connectivity index (χ1n) is 22.4. The van der Waals surface area contributed by atoms with E-state index in [0.717, 1.165) is 56.0 Å². The molecule has 2 heterocycles. The molecule has 2 aliphatic heterocycles. The number of esters is 2. The normalized spacial score (nSPS) is 16.7. The largest absolute Gasteiger partial charge is 0.480 e. The number of amides is 4. The Labute approximate surface area is 420 Å². The molecule has 0 spiro atoms. The van der Waals surface area contributed by atoms with Gasteiger partial charge in [-0.05, 0) is 105 Å². The van der Waals surface area contributed by atoms with Crippen molar-refractivity contribution in [3.8, 4) is 12.1 Å². The second-order valence-corrected chi connectivity index (χ2v) is 17.6. The van der Waals surface area contributed by atoms with Gasteiger partial charge in [0.05, 0.1) is 82.2 Å². The lowest BCUT2D eigenvalue weighted by atomic mass is 9.82. The van der Waals surface area contributed by atoms with Crippen molar-refractivity contribution in [1.29, 1.82) is 10.5 Å². The van der Waals surface area contributed by atoms with E-state index < -0.39 is 89.5 Å². The molecule has 0 fully saturated rings. The summed E-state index contributed by atoms with van der Waals surface area (Å²) in [6.07, 6.45) is -9.40. The van der Waals surface area contributed by atoms with E-state index in [1.807, 2.05) is 12.1 Å². The van der Waals surface area contributed by atoms with Crippen LogP contribution in [0.4, 0.5) is 47.3 Å². The number of allylic oxidation sites excluding steroid dienone is 2. The number of benzene rings is 4. The van der Waals surface area contributed by atoms with Gasteiger partial charge in [0, 0.05) is 11.4 Å². The number of urea groups is 2. The van der Waals surface area contributed by atoms with Gasteiger partial charge in [-0.2, -0.15) is 36.9 Å². The maximum Gasteiger partial charge on any atom is 0.416 e. The fourth-order valence-electron chi connectivity index (χ4n) is 8.50. The third kappa shape index (κ3) is 12.0. The van der Waals surface area contributed by atoms with Gasteiger partial charge in [0.25, 0.3) is 0 Å². The number of rotatable bonds is 12. The minimum absolute atomic E-state index is 0.0104. The molecule has 22 heteroatoms.